The molecule has 0 radical (unpaired) electrons. The second kappa shape index (κ2) is 12.8. The van der Waals surface area contributed by atoms with Crippen molar-refractivity contribution in [3.8, 4) is 18.1 Å². The predicted octanol–water partition coefficient (Wildman–Crippen LogP) is 2.22. The molecule has 1 unspecified atom stereocenters. The molecular formula is C28H34N5O8PS. The maximum atomic E-state index is 12.9. The summed E-state index contributed by atoms with van der Waals surface area (Å²) in [6, 6.07) is 7.83. The molecule has 1 aliphatic heterocycles. The van der Waals surface area contributed by atoms with Gasteiger partial charge in [-0.05, 0) is 63.5 Å². The fourth-order valence-electron chi connectivity index (χ4n) is 5.17. The van der Waals surface area contributed by atoms with E-state index in [2.05, 4.69) is 26.0 Å². The van der Waals surface area contributed by atoms with Crippen LogP contribution in [-0.4, -0.2) is 72.3 Å². The molecular weight excluding hydrogens is 597 g/mol. The molecule has 1 aromatic carbocycles. The van der Waals surface area contributed by atoms with E-state index in [1.807, 2.05) is 6.07 Å². The molecule has 5 rings (SSSR count). The second-order valence-corrected chi connectivity index (χ2v) is 13.8. The van der Waals surface area contributed by atoms with Gasteiger partial charge in [-0.25, -0.2) is 15.1 Å². The third-order valence-corrected chi connectivity index (χ3v) is 9.94. The summed E-state index contributed by atoms with van der Waals surface area (Å²) in [6.07, 6.45) is 7.34. The average molecular weight is 632 g/mol. The zero-order chi connectivity index (χ0) is 30.8. The maximum Gasteiger partial charge on any atom is 0.323 e. The number of imidazole rings is 1. The van der Waals surface area contributed by atoms with Crippen molar-refractivity contribution in [1.29, 1.82) is 0 Å². The number of aromatic nitrogens is 4. The molecule has 2 fully saturated rings. The highest BCUT2D eigenvalue weighted by Crippen LogP contribution is 2.47. The van der Waals surface area contributed by atoms with E-state index in [9.17, 15) is 19.8 Å². The maximum absolute atomic E-state index is 12.9. The Kier molecular flexibility index (Phi) is 9.34. The Morgan fingerprint density at radius 3 is 2.77 bits per heavy atom. The number of esters is 1. The van der Waals surface area contributed by atoms with Crippen molar-refractivity contribution in [2.24, 2.45) is 0 Å². The first-order chi connectivity index (χ1) is 20.5. The van der Waals surface area contributed by atoms with E-state index in [1.165, 1.54) is 10.9 Å². The van der Waals surface area contributed by atoms with Crippen LogP contribution in [0.1, 0.15) is 51.1 Å². The Labute approximate surface area is 253 Å². The summed E-state index contributed by atoms with van der Waals surface area (Å²) in [5, 5.41) is 25.5. The van der Waals surface area contributed by atoms with Crippen molar-refractivity contribution < 1.29 is 33.5 Å². The molecule has 230 valence electrons. The smallest absolute Gasteiger partial charge is 0.323 e. The van der Waals surface area contributed by atoms with Crippen molar-refractivity contribution in [2.45, 2.75) is 82.1 Å². The zero-order valence-corrected chi connectivity index (χ0v) is 25.4. The van der Waals surface area contributed by atoms with Crippen LogP contribution in [0.4, 0.5) is 0 Å². The molecule has 6 atom stereocenters. The first-order valence-electron chi connectivity index (χ1n) is 14.0. The molecule has 2 aliphatic rings. The summed E-state index contributed by atoms with van der Waals surface area (Å²) in [5.41, 5.74) is -2.61. The monoisotopic (exact) mass is 631 g/mol. The molecule has 15 heteroatoms. The van der Waals surface area contributed by atoms with Crippen molar-refractivity contribution in [3.63, 3.8) is 0 Å². The largest absolute Gasteiger partial charge is 0.461 e. The number of H-pyrrole nitrogens is 1. The Balaban J connectivity index is 1.35. The summed E-state index contributed by atoms with van der Waals surface area (Å²) in [5.74, 6) is 2.44. The number of ether oxygens (including phenoxy) is 2. The number of rotatable bonds is 10. The molecule has 43 heavy (non-hydrogen) atoms. The predicted molar refractivity (Wildman–Crippen MR) is 159 cm³/mol. The van der Waals surface area contributed by atoms with E-state index in [0.29, 0.717) is 11.6 Å². The van der Waals surface area contributed by atoms with E-state index in [-0.39, 0.29) is 23.9 Å². The SMILES string of the molecule is C#C[C@@]1(O)[C@H](O)[C@@H](COP(=S)(N[C@@H](C)C(=O)OC2CCCCC2)Oc2ccccc2)O[C@H]1n1cnc2c(=O)[nH]c(C)nc21. The Morgan fingerprint density at radius 1 is 1.35 bits per heavy atom. The lowest BCUT2D eigenvalue weighted by Crippen LogP contribution is -2.46. The van der Waals surface area contributed by atoms with E-state index < -0.39 is 48.2 Å². The van der Waals surface area contributed by atoms with Crippen LogP contribution in [0.3, 0.4) is 0 Å². The van der Waals surface area contributed by atoms with E-state index in [1.54, 1.807) is 38.1 Å². The van der Waals surface area contributed by atoms with Gasteiger partial charge in [0.1, 0.15) is 35.9 Å². The van der Waals surface area contributed by atoms with Gasteiger partial charge in [-0.1, -0.05) is 30.5 Å². The van der Waals surface area contributed by atoms with Crippen LogP contribution in [0.5, 0.6) is 5.75 Å². The number of fused-ring (bicyclic) bond motifs is 1. The van der Waals surface area contributed by atoms with Crippen LogP contribution in [0.25, 0.3) is 11.2 Å². The minimum Gasteiger partial charge on any atom is -0.461 e. The van der Waals surface area contributed by atoms with E-state index in [0.717, 1.165) is 32.1 Å². The highest BCUT2D eigenvalue weighted by molar-refractivity contribution is 8.09. The average Bonchev–Trinajstić information content (AvgIpc) is 3.51. The van der Waals surface area contributed by atoms with Gasteiger partial charge in [-0.2, -0.15) is 0 Å². The molecule has 1 saturated carbocycles. The van der Waals surface area contributed by atoms with Crippen LogP contribution in [0.15, 0.2) is 41.5 Å². The van der Waals surface area contributed by atoms with Crippen molar-refractivity contribution in [3.05, 3.63) is 52.8 Å². The quantitative estimate of drug-likeness (QED) is 0.146. The highest BCUT2D eigenvalue weighted by atomic mass is 32.5. The fraction of sp³-hybridized carbons (Fsp3) is 0.500. The summed E-state index contributed by atoms with van der Waals surface area (Å²) in [7, 11) is 0. The Hall–Kier alpha value is -3.15. The highest BCUT2D eigenvalue weighted by Gasteiger charge is 2.56. The molecule has 3 heterocycles. The number of nitrogens with zero attached hydrogens (tertiary/aromatic N) is 3. The molecule has 0 bridgehead atoms. The lowest BCUT2D eigenvalue weighted by atomic mass is 9.95. The summed E-state index contributed by atoms with van der Waals surface area (Å²) in [6.45, 7) is -0.659. The minimum absolute atomic E-state index is 0.00724. The number of carbonyl (C=O) groups excluding carboxylic acids is 1. The van der Waals surface area contributed by atoms with Crippen LogP contribution >= 0.6 is 6.64 Å². The van der Waals surface area contributed by atoms with Crippen LogP contribution in [-0.2, 0) is 30.6 Å². The van der Waals surface area contributed by atoms with Gasteiger partial charge in [0.25, 0.3) is 5.56 Å². The van der Waals surface area contributed by atoms with E-state index in [4.69, 9.17) is 36.8 Å². The number of para-hydroxylation sites is 1. The fourth-order valence-corrected chi connectivity index (χ4v) is 7.58. The first kappa shape index (κ1) is 31.3. The number of aromatic amines is 1. The molecule has 0 amide bonds. The third-order valence-electron chi connectivity index (χ3n) is 7.44. The Bertz CT molecular complexity index is 1600. The van der Waals surface area contributed by atoms with Gasteiger partial charge in [0, 0.05) is 0 Å². The molecule has 13 nitrogen and oxygen atoms in total. The summed E-state index contributed by atoms with van der Waals surface area (Å²) < 4.78 is 25.1. The number of benzene rings is 1. The van der Waals surface area contributed by atoms with Crippen molar-refractivity contribution in [1.82, 2.24) is 24.6 Å². The lowest BCUT2D eigenvalue weighted by molar-refractivity contribution is -0.152. The summed E-state index contributed by atoms with van der Waals surface area (Å²) in [4.78, 5) is 36.2. The molecule has 4 N–H and O–H groups in total. The standard InChI is InChI=1S/C28H34N5O8PS/c1-4-28(37)23(34)21(40-27(28)33-16-29-22-24(33)30-18(3)31-25(22)35)15-38-42(43,41-20-13-9-6-10-14-20)32-17(2)26(36)39-19-11-7-5-8-12-19/h1,6,9-10,13-14,16-17,19,21,23,27,34,37H,5,7-8,11-12,15H2,2-3H3,(H,32,43)(H,30,31,35)/t17-,21+,23+,27+,28+,42?/m0/s1. The molecule has 0 spiro atoms. The molecule has 3 aromatic rings. The first-order valence-corrected chi connectivity index (χ1v) is 16.6. The van der Waals surface area contributed by atoms with Crippen LogP contribution in [0.2, 0.25) is 0 Å². The van der Waals surface area contributed by atoms with Gasteiger partial charge < -0.3 is 33.7 Å². The normalized spacial score (nSPS) is 26.4. The molecule has 1 saturated heterocycles. The Morgan fingerprint density at radius 2 is 2.07 bits per heavy atom. The van der Waals surface area contributed by atoms with Crippen molar-refractivity contribution >= 4 is 35.6 Å². The molecule has 1 aliphatic carbocycles. The molecule has 2 aromatic heterocycles. The van der Waals surface area contributed by atoms with Gasteiger partial charge in [-0.3, -0.25) is 14.2 Å². The van der Waals surface area contributed by atoms with E-state index >= 15 is 0 Å². The number of terminal acetylenes is 1. The number of carbonyl (C=O) groups is 1. The van der Waals surface area contributed by atoms with Crippen LogP contribution < -0.4 is 15.2 Å². The number of aliphatic hydroxyl groups is 2. The third kappa shape index (κ3) is 6.68. The number of hydrogen-bond donors (Lipinski definition) is 4. The summed E-state index contributed by atoms with van der Waals surface area (Å²) >= 11 is 5.79. The van der Waals surface area contributed by atoms with Gasteiger partial charge in [0.2, 0.25) is 0 Å². The minimum atomic E-state index is -3.48. The number of hydrogen-bond acceptors (Lipinski definition) is 11. The number of nitrogens with one attached hydrogen (secondary N) is 2. The number of aryl methyl sites for hydroxylation is 1. The van der Waals surface area contributed by atoms with Crippen LogP contribution in [0, 0.1) is 19.3 Å². The van der Waals surface area contributed by atoms with Gasteiger partial charge in [0.15, 0.2) is 23.0 Å². The van der Waals surface area contributed by atoms with Gasteiger partial charge in [0.05, 0.1) is 12.9 Å². The van der Waals surface area contributed by atoms with Crippen molar-refractivity contribution in [2.75, 3.05) is 6.61 Å². The van der Waals surface area contributed by atoms with Gasteiger partial charge in [-0.15, -0.1) is 6.42 Å². The second-order valence-electron chi connectivity index (χ2n) is 10.7. The lowest BCUT2D eigenvalue weighted by Gasteiger charge is -2.29. The van der Waals surface area contributed by atoms with Gasteiger partial charge >= 0.3 is 12.6 Å². The topological polar surface area (TPSA) is 170 Å². The number of aliphatic hydroxyl groups excluding tert-OH is 1. The zero-order valence-electron chi connectivity index (χ0n) is 23.7.